The summed E-state index contributed by atoms with van der Waals surface area (Å²) in [6.07, 6.45) is 9.84. The molecule has 334 valence electrons. The number of hydrogen-bond acceptors (Lipinski definition) is 11. The number of carbonyl (C=O) groups excluding carboxylic acids is 3. The van der Waals surface area contributed by atoms with Crippen LogP contribution in [-0.4, -0.2) is 102 Å². The fourth-order valence-corrected chi connectivity index (χ4v) is 9.66. The standard InChI is InChI=1S/C45H54F2N10O6/c1-53(23-33-24-55(18-19-62-33)22-30-4-3-5-36-40(30)54(2)45(61)57(36)37-14-15-38(58)51-43(37)60)21-28-9-12-32(13-10-28)56-25-34(39(52-56)41(46)47)49-42(59)35-26-63-44(50-35)29-16-17-48-31(20-29)11-8-27-6-7-27/h3-5,16-17,20,25-28,32-33,37,41H,6-15,18-19,21-24H2,1-2H3,(H,49,59)(H,51,58,60)/t28?,32?,33-,37?/m0/s1. The first kappa shape index (κ1) is 42.7. The van der Waals surface area contributed by atoms with Crippen molar-refractivity contribution in [3.05, 3.63) is 82.1 Å². The molecule has 3 amide bonds. The topological polar surface area (TPSA) is 175 Å². The first-order valence-electron chi connectivity index (χ1n) is 22.1. The van der Waals surface area contributed by atoms with E-state index in [-0.39, 0.29) is 53.9 Å². The number of oxazole rings is 1. The van der Waals surface area contributed by atoms with Crippen molar-refractivity contribution in [1.82, 2.24) is 44.0 Å². The number of likely N-dealkylation sites (N-methyl/N-ethyl adjacent to an activating group) is 1. The third-order valence-corrected chi connectivity index (χ3v) is 13.1. The zero-order valence-corrected chi connectivity index (χ0v) is 35.7. The average molecular weight is 869 g/mol. The van der Waals surface area contributed by atoms with Gasteiger partial charge in [-0.15, -0.1) is 0 Å². The van der Waals surface area contributed by atoms with Crippen LogP contribution in [0.15, 0.2) is 58.2 Å². The Hall–Kier alpha value is -5.59. The van der Waals surface area contributed by atoms with Gasteiger partial charge in [0.05, 0.1) is 35.5 Å². The minimum atomic E-state index is -2.88. The van der Waals surface area contributed by atoms with Crippen LogP contribution in [0, 0.1) is 11.8 Å². The molecule has 2 N–H and O–H groups in total. The molecule has 2 atom stereocenters. The summed E-state index contributed by atoms with van der Waals surface area (Å²) < 4.78 is 45.0. The van der Waals surface area contributed by atoms with Gasteiger partial charge in [0.1, 0.15) is 12.3 Å². The van der Waals surface area contributed by atoms with Crippen LogP contribution < -0.4 is 16.3 Å². The van der Waals surface area contributed by atoms with Crippen LogP contribution in [0.4, 0.5) is 14.5 Å². The zero-order valence-electron chi connectivity index (χ0n) is 35.7. The number of nitrogens with one attached hydrogen (secondary N) is 2. The average Bonchev–Trinajstić information content (AvgIpc) is 3.67. The molecule has 2 saturated heterocycles. The number of imidazole rings is 1. The molecule has 16 nitrogen and oxygen atoms in total. The first-order valence-corrected chi connectivity index (χ1v) is 22.1. The third-order valence-electron chi connectivity index (χ3n) is 13.1. The maximum atomic E-state index is 14.2. The molecule has 63 heavy (non-hydrogen) atoms. The molecule has 4 aromatic heterocycles. The van der Waals surface area contributed by atoms with E-state index in [1.54, 1.807) is 28.6 Å². The number of nitrogens with zero attached hydrogens (tertiary/aromatic N) is 8. The van der Waals surface area contributed by atoms with Gasteiger partial charge in [-0.1, -0.05) is 25.0 Å². The number of hydrogen-bond donors (Lipinski definition) is 2. The number of para-hydroxylation sites is 1. The van der Waals surface area contributed by atoms with Gasteiger partial charge < -0.3 is 19.4 Å². The summed E-state index contributed by atoms with van der Waals surface area (Å²) >= 11 is 0. The summed E-state index contributed by atoms with van der Waals surface area (Å²) in [6.45, 7) is 4.24. The summed E-state index contributed by atoms with van der Waals surface area (Å²) in [5.41, 5.74) is 3.24. The Kier molecular flexibility index (Phi) is 12.4. The van der Waals surface area contributed by atoms with Crippen LogP contribution in [0.2, 0.25) is 0 Å². The molecule has 2 saturated carbocycles. The summed E-state index contributed by atoms with van der Waals surface area (Å²) in [7, 11) is 3.82. The molecule has 4 fully saturated rings. The predicted octanol–water partition coefficient (Wildman–Crippen LogP) is 5.66. The fraction of sp³-hybridized carbons (Fsp3) is 0.533. The normalized spacial score (nSPS) is 22.3. The van der Waals surface area contributed by atoms with Crippen LogP contribution in [0.25, 0.3) is 22.5 Å². The van der Waals surface area contributed by atoms with E-state index >= 15 is 0 Å². The highest BCUT2D eigenvalue weighted by molar-refractivity contribution is 6.03. The molecule has 5 aromatic rings. The second-order valence-electron chi connectivity index (χ2n) is 17.8. The van der Waals surface area contributed by atoms with Gasteiger partial charge in [0.15, 0.2) is 11.4 Å². The molecule has 2 aliphatic heterocycles. The van der Waals surface area contributed by atoms with Crippen molar-refractivity contribution in [1.29, 1.82) is 0 Å². The van der Waals surface area contributed by atoms with Gasteiger partial charge in [-0.25, -0.2) is 18.6 Å². The largest absolute Gasteiger partial charge is 0.444 e. The maximum absolute atomic E-state index is 14.2. The van der Waals surface area contributed by atoms with Crippen LogP contribution in [0.1, 0.15) is 104 Å². The quantitative estimate of drug-likeness (QED) is 0.124. The van der Waals surface area contributed by atoms with Crippen molar-refractivity contribution < 1.29 is 32.3 Å². The number of pyridine rings is 1. The van der Waals surface area contributed by atoms with Gasteiger partial charge >= 0.3 is 5.69 Å². The van der Waals surface area contributed by atoms with Crippen molar-refractivity contribution in [3.8, 4) is 11.5 Å². The van der Waals surface area contributed by atoms with Crippen LogP contribution in [-0.2, 0) is 34.3 Å². The molecule has 0 bridgehead atoms. The Labute approximate surface area is 363 Å². The number of halogens is 2. The minimum Gasteiger partial charge on any atom is -0.444 e. The summed E-state index contributed by atoms with van der Waals surface area (Å²) in [5, 5.41) is 9.23. The summed E-state index contributed by atoms with van der Waals surface area (Å²) in [5.74, 6) is 0.0223. The lowest BCUT2D eigenvalue weighted by Gasteiger charge is -2.36. The van der Waals surface area contributed by atoms with E-state index in [4.69, 9.17) is 9.15 Å². The molecule has 1 unspecified atom stereocenters. The molecule has 18 heteroatoms. The Balaban J connectivity index is 0.766. The predicted molar refractivity (Wildman–Crippen MR) is 228 cm³/mol. The van der Waals surface area contributed by atoms with Gasteiger partial charge in [0.2, 0.25) is 17.7 Å². The van der Waals surface area contributed by atoms with Crippen molar-refractivity contribution in [2.75, 3.05) is 45.2 Å². The number of morpholine rings is 1. The van der Waals surface area contributed by atoms with Gasteiger partial charge in [-0.2, -0.15) is 5.10 Å². The van der Waals surface area contributed by atoms with E-state index in [0.29, 0.717) is 36.7 Å². The SMILES string of the molecule is CN(CC1CCC(n2cc(NC(=O)c3coc(-c4ccnc(CCC5CC5)c4)n3)c(C(F)F)n2)CC1)C[C@H]1CN(Cc2cccc3c2n(C)c(=O)n3C2CCC(=O)NC2=O)CCO1. The zero-order chi connectivity index (χ0) is 43.8. The molecule has 0 spiro atoms. The van der Waals surface area contributed by atoms with Crippen LogP contribution in [0.5, 0.6) is 0 Å². The Morgan fingerprint density at radius 2 is 1.86 bits per heavy atom. The number of fused-ring (bicyclic) bond motifs is 1. The Bertz CT molecular complexity index is 2540. The van der Waals surface area contributed by atoms with Crippen molar-refractivity contribution in [2.24, 2.45) is 18.9 Å². The second kappa shape index (κ2) is 18.3. The number of carbonyl (C=O) groups is 3. The number of ether oxygens (including phenoxy) is 1. The smallest absolute Gasteiger partial charge is 0.329 e. The highest BCUT2D eigenvalue weighted by atomic mass is 19.3. The summed E-state index contributed by atoms with van der Waals surface area (Å²) in [6, 6.07) is 8.64. The van der Waals surface area contributed by atoms with Gasteiger partial charge in [0, 0.05) is 69.8 Å². The molecular formula is C45H54F2N10O6. The molecule has 4 aliphatic rings. The number of amides is 3. The Morgan fingerprint density at radius 3 is 2.63 bits per heavy atom. The third kappa shape index (κ3) is 9.53. The lowest BCUT2D eigenvalue weighted by atomic mass is 9.86. The van der Waals surface area contributed by atoms with E-state index in [9.17, 15) is 28.0 Å². The fourth-order valence-electron chi connectivity index (χ4n) is 9.66. The lowest BCUT2D eigenvalue weighted by Crippen LogP contribution is -2.47. The molecule has 0 radical (unpaired) electrons. The molecular weight excluding hydrogens is 815 g/mol. The maximum Gasteiger partial charge on any atom is 0.329 e. The van der Waals surface area contributed by atoms with Crippen molar-refractivity contribution in [2.45, 2.75) is 95.4 Å². The highest BCUT2D eigenvalue weighted by Crippen LogP contribution is 2.36. The number of aromatic nitrogens is 6. The van der Waals surface area contributed by atoms with Crippen molar-refractivity contribution in [3.63, 3.8) is 0 Å². The van der Waals surface area contributed by atoms with E-state index in [1.807, 2.05) is 24.3 Å². The number of aryl methyl sites for hydroxylation is 2. The highest BCUT2D eigenvalue weighted by Gasteiger charge is 2.33. The Morgan fingerprint density at radius 1 is 1.05 bits per heavy atom. The van der Waals surface area contributed by atoms with Gasteiger partial charge in [0.25, 0.3) is 12.3 Å². The number of rotatable bonds is 15. The van der Waals surface area contributed by atoms with E-state index in [0.717, 1.165) is 80.9 Å². The van der Waals surface area contributed by atoms with Gasteiger partial charge in [-0.3, -0.25) is 43.4 Å². The molecule has 9 rings (SSSR count). The summed E-state index contributed by atoms with van der Waals surface area (Å²) in [4.78, 5) is 64.6. The molecule has 1 aromatic carbocycles. The number of benzene rings is 1. The van der Waals surface area contributed by atoms with E-state index in [1.165, 1.54) is 29.9 Å². The molecule has 2 aliphatic carbocycles. The van der Waals surface area contributed by atoms with E-state index < -0.39 is 30.0 Å². The lowest BCUT2D eigenvalue weighted by molar-refractivity contribution is -0.135. The molecule has 6 heterocycles. The monoisotopic (exact) mass is 868 g/mol. The first-order chi connectivity index (χ1) is 30.5. The van der Waals surface area contributed by atoms with E-state index in [2.05, 4.69) is 42.5 Å². The number of anilines is 1. The van der Waals surface area contributed by atoms with Crippen LogP contribution >= 0.6 is 0 Å². The number of imide groups is 1. The number of piperidine rings is 1. The second-order valence-corrected chi connectivity index (χ2v) is 17.8. The van der Waals surface area contributed by atoms with Crippen molar-refractivity contribution >= 4 is 34.4 Å². The van der Waals surface area contributed by atoms with Crippen LogP contribution in [0.3, 0.4) is 0 Å². The minimum absolute atomic E-state index is 0.0180. The van der Waals surface area contributed by atoms with Gasteiger partial charge in [-0.05, 0) is 87.6 Å². The number of alkyl halides is 2.